The van der Waals surface area contributed by atoms with Gasteiger partial charge < -0.3 is 10.6 Å². The number of rotatable bonds is 5. The van der Waals surface area contributed by atoms with Crippen LogP contribution in [0.4, 0.5) is 11.5 Å². The van der Waals surface area contributed by atoms with Gasteiger partial charge in [0.15, 0.2) is 11.5 Å². The van der Waals surface area contributed by atoms with Gasteiger partial charge in [0.25, 0.3) is 5.91 Å². The lowest BCUT2D eigenvalue weighted by Crippen LogP contribution is -2.26. The molecule has 1 aromatic heterocycles. The summed E-state index contributed by atoms with van der Waals surface area (Å²) in [5, 5.41) is 14.4. The number of carbonyl (C=O) groups is 1. The highest BCUT2D eigenvalue weighted by Crippen LogP contribution is 2.29. The molecule has 0 unspecified atom stereocenters. The number of amides is 1. The highest BCUT2D eigenvalue weighted by molar-refractivity contribution is 5.92. The zero-order chi connectivity index (χ0) is 16.4. The van der Waals surface area contributed by atoms with Gasteiger partial charge in [-0.1, -0.05) is 32.0 Å². The minimum absolute atomic E-state index is 0.148. The quantitative estimate of drug-likeness (QED) is 0.886. The van der Waals surface area contributed by atoms with Gasteiger partial charge in [-0.3, -0.25) is 4.79 Å². The van der Waals surface area contributed by atoms with E-state index in [4.69, 9.17) is 0 Å². The van der Waals surface area contributed by atoms with Gasteiger partial charge in [0, 0.05) is 11.7 Å². The van der Waals surface area contributed by atoms with Crippen molar-refractivity contribution in [2.75, 3.05) is 5.32 Å². The Balaban J connectivity index is 1.77. The summed E-state index contributed by atoms with van der Waals surface area (Å²) in [5.41, 5.74) is 3.82. The van der Waals surface area contributed by atoms with Gasteiger partial charge in [0.2, 0.25) is 0 Å². The third-order valence-corrected chi connectivity index (χ3v) is 3.99. The van der Waals surface area contributed by atoms with E-state index >= 15 is 0 Å². The van der Waals surface area contributed by atoms with Gasteiger partial charge in [0.05, 0.1) is 0 Å². The molecular formula is C18H22N4O. The summed E-state index contributed by atoms with van der Waals surface area (Å²) >= 11 is 0. The van der Waals surface area contributed by atoms with Crippen molar-refractivity contribution >= 4 is 17.4 Å². The third kappa shape index (κ3) is 3.67. The van der Waals surface area contributed by atoms with E-state index in [2.05, 4.69) is 59.8 Å². The van der Waals surface area contributed by atoms with Crippen molar-refractivity contribution in [2.24, 2.45) is 0 Å². The molecular weight excluding hydrogens is 288 g/mol. The number of nitrogens with one attached hydrogen (secondary N) is 2. The first-order valence-corrected chi connectivity index (χ1v) is 8.05. The van der Waals surface area contributed by atoms with Crippen molar-refractivity contribution < 1.29 is 4.79 Å². The molecule has 2 aromatic rings. The molecule has 0 radical (unpaired) electrons. The maximum atomic E-state index is 11.9. The minimum Gasteiger partial charge on any atom is -0.348 e. The molecule has 0 spiro atoms. The Bertz CT molecular complexity index is 705. The van der Waals surface area contributed by atoms with Gasteiger partial charge in [0.1, 0.15) is 0 Å². The second-order valence-electron chi connectivity index (χ2n) is 6.37. The van der Waals surface area contributed by atoms with E-state index in [0.717, 1.165) is 24.1 Å². The van der Waals surface area contributed by atoms with Crippen LogP contribution in [-0.2, 0) is 0 Å². The number of aryl methyl sites for hydroxylation is 1. The van der Waals surface area contributed by atoms with E-state index in [1.54, 1.807) is 12.1 Å². The first-order chi connectivity index (χ1) is 11.0. The average Bonchev–Trinajstić information content (AvgIpc) is 3.33. The van der Waals surface area contributed by atoms with Crippen LogP contribution in [0.2, 0.25) is 0 Å². The van der Waals surface area contributed by atoms with Crippen LogP contribution in [0, 0.1) is 6.92 Å². The number of anilines is 2. The van der Waals surface area contributed by atoms with Gasteiger partial charge in [-0.15, -0.1) is 10.2 Å². The molecule has 0 aliphatic heterocycles. The molecule has 0 atom stereocenters. The molecule has 1 amide bonds. The monoisotopic (exact) mass is 310 g/mol. The lowest BCUT2D eigenvalue weighted by molar-refractivity contribution is 0.0945. The Kier molecular flexibility index (Phi) is 4.28. The maximum Gasteiger partial charge on any atom is 0.272 e. The van der Waals surface area contributed by atoms with E-state index in [9.17, 15) is 4.79 Å². The van der Waals surface area contributed by atoms with E-state index in [0.29, 0.717) is 23.5 Å². The van der Waals surface area contributed by atoms with Crippen molar-refractivity contribution in [1.82, 2.24) is 15.5 Å². The van der Waals surface area contributed by atoms with Crippen molar-refractivity contribution in [2.45, 2.75) is 45.6 Å². The van der Waals surface area contributed by atoms with Gasteiger partial charge in [-0.05, 0) is 48.9 Å². The molecule has 5 nitrogen and oxygen atoms in total. The zero-order valence-corrected chi connectivity index (χ0v) is 13.8. The third-order valence-electron chi connectivity index (χ3n) is 3.99. The summed E-state index contributed by atoms with van der Waals surface area (Å²) < 4.78 is 0. The van der Waals surface area contributed by atoms with Crippen LogP contribution in [0.1, 0.15) is 54.2 Å². The number of nitrogens with zero attached hydrogens (tertiary/aromatic N) is 2. The number of para-hydroxylation sites is 1. The topological polar surface area (TPSA) is 66.9 Å². The molecule has 0 bridgehead atoms. The van der Waals surface area contributed by atoms with Crippen LogP contribution in [0.25, 0.3) is 0 Å². The predicted octanol–water partition coefficient (Wildman–Crippen LogP) is 3.54. The molecule has 23 heavy (non-hydrogen) atoms. The van der Waals surface area contributed by atoms with Crippen LogP contribution in [0.3, 0.4) is 0 Å². The summed E-state index contributed by atoms with van der Waals surface area (Å²) in [5.74, 6) is 0.906. The zero-order valence-electron chi connectivity index (χ0n) is 13.8. The molecule has 1 aliphatic carbocycles. The van der Waals surface area contributed by atoms with Crippen molar-refractivity contribution in [1.29, 1.82) is 0 Å². The minimum atomic E-state index is -0.148. The van der Waals surface area contributed by atoms with Crippen LogP contribution in [0.15, 0.2) is 30.3 Å². The molecule has 1 aromatic carbocycles. The van der Waals surface area contributed by atoms with Gasteiger partial charge >= 0.3 is 0 Å². The largest absolute Gasteiger partial charge is 0.348 e. The summed E-state index contributed by atoms with van der Waals surface area (Å²) in [4.78, 5) is 11.9. The molecule has 120 valence electrons. The first-order valence-electron chi connectivity index (χ1n) is 8.05. The number of hydrogen-bond donors (Lipinski definition) is 2. The van der Waals surface area contributed by atoms with Crippen LogP contribution in [-0.4, -0.2) is 22.1 Å². The molecule has 2 N–H and O–H groups in total. The van der Waals surface area contributed by atoms with Crippen LogP contribution < -0.4 is 10.6 Å². The summed E-state index contributed by atoms with van der Waals surface area (Å²) in [6.45, 7) is 6.40. The molecule has 3 rings (SSSR count). The summed E-state index contributed by atoms with van der Waals surface area (Å²) in [6, 6.07) is 10.1. The van der Waals surface area contributed by atoms with E-state index in [1.165, 1.54) is 5.56 Å². The van der Waals surface area contributed by atoms with Gasteiger partial charge in [-0.2, -0.15) is 0 Å². The molecule has 1 aliphatic rings. The van der Waals surface area contributed by atoms with E-state index in [-0.39, 0.29) is 5.91 Å². The lowest BCUT2D eigenvalue weighted by atomic mass is 9.98. The van der Waals surface area contributed by atoms with Crippen molar-refractivity contribution in [3.63, 3.8) is 0 Å². The van der Waals surface area contributed by atoms with E-state index in [1.807, 2.05) is 0 Å². The van der Waals surface area contributed by atoms with Crippen LogP contribution in [0.5, 0.6) is 0 Å². The van der Waals surface area contributed by atoms with E-state index < -0.39 is 0 Å². The Hall–Kier alpha value is -2.43. The highest BCUT2D eigenvalue weighted by atomic mass is 16.2. The fraction of sp³-hybridized carbons (Fsp3) is 0.389. The number of benzene rings is 1. The van der Waals surface area contributed by atoms with Crippen molar-refractivity contribution in [3.05, 3.63) is 47.2 Å². The summed E-state index contributed by atoms with van der Waals surface area (Å²) in [7, 11) is 0. The molecule has 5 heteroatoms. The number of carbonyl (C=O) groups excluding carboxylic acids is 1. The highest BCUT2D eigenvalue weighted by Gasteiger charge is 2.24. The molecule has 1 saturated carbocycles. The molecule has 1 fully saturated rings. The lowest BCUT2D eigenvalue weighted by Gasteiger charge is -2.16. The second-order valence-corrected chi connectivity index (χ2v) is 6.37. The molecule has 0 saturated heterocycles. The number of aromatic nitrogens is 2. The Morgan fingerprint density at radius 3 is 2.57 bits per heavy atom. The fourth-order valence-corrected chi connectivity index (χ4v) is 2.48. The Morgan fingerprint density at radius 1 is 1.17 bits per heavy atom. The SMILES string of the molecule is Cc1cccc(C(C)C)c1Nc1ccc(C(=O)NC2CC2)nn1. The standard InChI is InChI=1S/C18H22N4O/c1-11(2)14-6-4-5-12(3)17(14)20-16-10-9-15(21-22-16)18(23)19-13-7-8-13/h4-6,9-11,13H,7-8H2,1-3H3,(H,19,23)(H,20,22). The Morgan fingerprint density at radius 2 is 1.96 bits per heavy atom. The normalized spacial score (nSPS) is 13.9. The average molecular weight is 310 g/mol. The summed E-state index contributed by atoms with van der Waals surface area (Å²) in [6.07, 6.45) is 2.12. The predicted molar refractivity (Wildman–Crippen MR) is 91.1 cm³/mol. The van der Waals surface area contributed by atoms with Crippen LogP contribution >= 0.6 is 0 Å². The first kappa shape index (κ1) is 15.5. The van der Waals surface area contributed by atoms with Crippen molar-refractivity contribution in [3.8, 4) is 0 Å². The Labute approximate surface area is 136 Å². The molecule has 1 heterocycles. The fourth-order valence-electron chi connectivity index (χ4n) is 2.48. The number of hydrogen-bond acceptors (Lipinski definition) is 4. The second kappa shape index (κ2) is 6.36. The smallest absolute Gasteiger partial charge is 0.272 e. The maximum absolute atomic E-state index is 11.9. The van der Waals surface area contributed by atoms with Gasteiger partial charge in [-0.25, -0.2) is 0 Å².